The van der Waals surface area contributed by atoms with Crippen LogP contribution in [0.4, 0.5) is 5.82 Å². The van der Waals surface area contributed by atoms with Gasteiger partial charge in [-0.2, -0.15) is 5.10 Å². The molecule has 118 valence electrons. The summed E-state index contributed by atoms with van der Waals surface area (Å²) in [5.41, 5.74) is 2.50. The van der Waals surface area contributed by atoms with Crippen LogP contribution in [0.25, 0.3) is 32.9 Å². The number of H-pyrrole nitrogens is 2. The average Bonchev–Trinajstić information content (AvgIpc) is 3.24. The minimum Gasteiger partial charge on any atom is -0.367 e. The largest absolute Gasteiger partial charge is 0.367 e. The number of rotatable bonds is 3. The first-order chi connectivity index (χ1) is 11.8. The van der Waals surface area contributed by atoms with Crippen LogP contribution in [0.15, 0.2) is 47.5 Å². The molecule has 1 saturated carbocycles. The number of anilines is 1. The van der Waals surface area contributed by atoms with E-state index in [1.165, 1.54) is 12.8 Å². The van der Waals surface area contributed by atoms with Crippen LogP contribution in [0, 0.1) is 0 Å². The van der Waals surface area contributed by atoms with Gasteiger partial charge in [-0.15, -0.1) is 0 Å². The highest BCUT2D eigenvalue weighted by Gasteiger charge is 2.23. The van der Waals surface area contributed by atoms with Gasteiger partial charge >= 0.3 is 0 Å². The lowest BCUT2D eigenvalue weighted by molar-refractivity contribution is 1.10. The number of nitrogens with zero attached hydrogens (tertiary/aromatic N) is 2. The summed E-state index contributed by atoms with van der Waals surface area (Å²) in [5.74, 6) is 0.849. The second kappa shape index (κ2) is 4.92. The van der Waals surface area contributed by atoms with Crippen molar-refractivity contribution in [1.82, 2.24) is 20.2 Å². The highest BCUT2D eigenvalue weighted by atomic mass is 16.1. The molecule has 5 rings (SSSR count). The summed E-state index contributed by atoms with van der Waals surface area (Å²) in [6.07, 6.45) is 5.70. The Morgan fingerprint density at radius 1 is 1.12 bits per heavy atom. The predicted octanol–water partition coefficient (Wildman–Crippen LogP) is 3.04. The fraction of sp³-hybridized carbons (Fsp3) is 0.167. The number of fused-ring (bicyclic) bond motifs is 3. The molecule has 3 aromatic heterocycles. The Hall–Kier alpha value is -3.15. The molecule has 1 aromatic carbocycles. The van der Waals surface area contributed by atoms with Crippen LogP contribution in [0.2, 0.25) is 0 Å². The lowest BCUT2D eigenvalue weighted by Gasteiger charge is -2.11. The van der Waals surface area contributed by atoms with Gasteiger partial charge in [0.15, 0.2) is 0 Å². The minimum absolute atomic E-state index is 0.121. The molecule has 0 spiro atoms. The Bertz CT molecular complexity index is 1110. The summed E-state index contributed by atoms with van der Waals surface area (Å²) in [6, 6.07) is 10.3. The zero-order chi connectivity index (χ0) is 16.1. The number of benzene rings is 1. The molecule has 1 fully saturated rings. The van der Waals surface area contributed by atoms with E-state index in [1.807, 2.05) is 30.3 Å². The molecule has 3 N–H and O–H groups in total. The molecule has 0 atom stereocenters. The smallest absolute Gasteiger partial charge is 0.258 e. The summed E-state index contributed by atoms with van der Waals surface area (Å²) >= 11 is 0. The summed E-state index contributed by atoms with van der Waals surface area (Å²) < 4.78 is 0. The molecule has 0 radical (unpaired) electrons. The van der Waals surface area contributed by atoms with E-state index in [2.05, 4.69) is 25.5 Å². The molecule has 0 saturated heterocycles. The van der Waals surface area contributed by atoms with Crippen molar-refractivity contribution in [2.75, 3.05) is 5.32 Å². The second-order valence-electron chi connectivity index (χ2n) is 6.18. The van der Waals surface area contributed by atoms with Crippen molar-refractivity contribution in [3.05, 3.63) is 53.1 Å². The van der Waals surface area contributed by atoms with Crippen LogP contribution >= 0.6 is 0 Å². The summed E-state index contributed by atoms with van der Waals surface area (Å²) in [4.78, 5) is 19.8. The van der Waals surface area contributed by atoms with E-state index in [-0.39, 0.29) is 5.56 Å². The van der Waals surface area contributed by atoms with E-state index in [0.717, 1.165) is 27.8 Å². The molecular formula is C18H15N5O. The number of nitrogens with one attached hydrogen (secondary N) is 3. The van der Waals surface area contributed by atoms with Crippen molar-refractivity contribution in [1.29, 1.82) is 0 Å². The van der Waals surface area contributed by atoms with Gasteiger partial charge in [0, 0.05) is 34.8 Å². The molecule has 0 unspecified atom stereocenters. The van der Waals surface area contributed by atoms with Crippen molar-refractivity contribution in [2.45, 2.75) is 18.9 Å². The molecule has 3 heterocycles. The van der Waals surface area contributed by atoms with Crippen LogP contribution in [-0.2, 0) is 0 Å². The SMILES string of the molecule is O=c1[nH]ccc2nc(NC3CC3)c3ccc(-c4ccn[nH]4)cc3c12. The minimum atomic E-state index is -0.121. The molecule has 4 aromatic rings. The number of aromatic amines is 2. The van der Waals surface area contributed by atoms with Gasteiger partial charge in [-0.25, -0.2) is 4.98 Å². The molecule has 6 heteroatoms. The highest BCUT2D eigenvalue weighted by Crippen LogP contribution is 2.33. The Morgan fingerprint density at radius 2 is 2.04 bits per heavy atom. The highest BCUT2D eigenvalue weighted by molar-refractivity contribution is 6.10. The van der Waals surface area contributed by atoms with Gasteiger partial charge in [-0.3, -0.25) is 9.89 Å². The van der Waals surface area contributed by atoms with Crippen molar-refractivity contribution < 1.29 is 0 Å². The van der Waals surface area contributed by atoms with Crippen molar-refractivity contribution in [2.24, 2.45) is 0 Å². The van der Waals surface area contributed by atoms with Gasteiger partial charge in [-0.05, 0) is 37.1 Å². The Morgan fingerprint density at radius 3 is 2.83 bits per heavy atom. The third kappa shape index (κ3) is 2.07. The summed E-state index contributed by atoms with van der Waals surface area (Å²) in [6.45, 7) is 0. The number of hydrogen-bond acceptors (Lipinski definition) is 4. The van der Waals surface area contributed by atoms with Gasteiger partial charge in [-0.1, -0.05) is 6.07 Å². The van der Waals surface area contributed by atoms with Crippen LogP contribution < -0.4 is 10.9 Å². The van der Waals surface area contributed by atoms with Gasteiger partial charge in [0.1, 0.15) is 5.82 Å². The fourth-order valence-electron chi connectivity index (χ4n) is 3.08. The number of hydrogen-bond donors (Lipinski definition) is 3. The first-order valence-corrected chi connectivity index (χ1v) is 8.01. The van der Waals surface area contributed by atoms with E-state index in [1.54, 1.807) is 12.4 Å². The third-order valence-electron chi connectivity index (χ3n) is 4.45. The van der Waals surface area contributed by atoms with Gasteiger partial charge < -0.3 is 10.3 Å². The second-order valence-corrected chi connectivity index (χ2v) is 6.18. The Labute approximate surface area is 136 Å². The predicted molar refractivity (Wildman–Crippen MR) is 94.1 cm³/mol. The van der Waals surface area contributed by atoms with Gasteiger partial charge in [0.2, 0.25) is 0 Å². The van der Waals surface area contributed by atoms with Gasteiger partial charge in [0.25, 0.3) is 5.56 Å². The maximum Gasteiger partial charge on any atom is 0.258 e. The summed E-state index contributed by atoms with van der Waals surface area (Å²) in [5, 5.41) is 12.9. The topological polar surface area (TPSA) is 86.5 Å². The van der Waals surface area contributed by atoms with Crippen molar-refractivity contribution in [3.8, 4) is 11.3 Å². The molecule has 1 aliphatic rings. The monoisotopic (exact) mass is 317 g/mol. The van der Waals surface area contributed by atoms with E-state index < -0.39 is 0 Å². The normalized spacial score (nSPS) is 14.3. The van der Waals surface area contributed by atoms with Crippen LogP contribution in [-0.4, -0.2) is 26.2 Å². The molecule has 0 bridgehead atoms. The quantitative estimate of drug-likeness (QED) is 0.507. The van der Waals surface area contributed by atoms with E-state index in [4.69, 9.17) is 0 Å². The van der Waals surface area contributed by atoms with Crippen molar-refractivity contribution in [3.63, 3.8) is 0 Å². The lowest BCUT2D eigenvalue weighted by Crippen LogP contribution is -2.09. The first-order valence-electron chi connectivity index (χ1n) is 8.01. The van der Waals surface area contributed by atoms with E-state index >= 15 is 0 Å². The molecule has 6 nitrogen and oxygen atoms in total. The van der Waals surface area contributed by atoms with Crippen molar-refractivity contribution >= 4 is 27.5 Å². The first kappa shape index (κ1) is 13.3. The molecular weight excluding hydrogens is 302 g/mol. The lowest BCUT2D eigenvalue weighted by atomic mass is 10.0. The zero-order valence-electron chi connectivity index (χ0n) is 12.8. The number of pyridine rings is 2. The Balaban J connectivity index is 1.86. The van der Waals surface area contributed by atoms with E-state index in [0.29, 0.717) is 16.9 Å². The standard InChI is InChI=1S/C18H15N5O/c24-18-16-13-9-10(14-6-8-20-23-14)1-4-12(13)17(21-11-2-3-11)22-15(16)5-7-19-18/h1,4-9,11H,2-3H2,(H,19,24)(H,20,23)(H,21,22). The van der Waals surface area contributed by atoms with Crippen LogP contribution in [0.1, 0.15) is 12.8 Å². The average molecular weight is 317 g/mol. The fourth-order valence-corrected chi connectivity index (χ4v) is 3.08. The molecule has 0 amide bonds. The summed E-state index contributed by atoms with van der Waals surface area (Å²) in [7, 11) is 0. The van der Waals surface area contributed by atoms with E-state index in [9.17, 15) is 4.79 Å². The maximum atomic E-state index is 12.4. The molecule has 24 heavy (non-hydrogen) atoms. The van der Waals surface area contributed by atoms with Crippen LogP contribution in [0.5, 0.6) is 0 Å². The molecule has 0 aliphatic heterocycles. The maximum absolute atomic E-state index is 12.4. The third-order valence-corrected chi connectivity index (χ3v) is 4.45. The Kier molecular flexibility index (Phi) is 2.73. The molecule has 1 aliphatic carbocycles. The number of aromatic nitrogens is 4. The van der Waals surface area contributed by atoms with Gasteiger partial charge in [0.05, 0.1) is 16.6 Å². The zero-order valence-corrected chi connectivity index (χ0v) is 12.8. The van der Waals surface area contributed by atoms with Crippen LogP contribution in [0.3, 0.4) is 0 Å².